The summed E-state index contributed by atoms with van der Waals surface area (Å²) in [4.78, 5) is 2.50. The van der Waals surface area contributed by atoms with Crippen molar-refractivity contribution in [2.45, 2.75) is 64.5 Å². The molecule has 2 atom stereocenters. The molecule has 0 spiro atoms. The first-order valence-electron chi connectivity index (χ1n) is 11.8. The Morgan fingerprint density at radius 3 is 2.39 bits per heavy atom. The molecule has 0 aromatic heterocycles. The maximum atomic E-state index is 6.04. The summed E-state index contributed by atoms with van der Waals surface area (Å²) in [5.74, 6) is 1.72. The van der Waals surface area contributed by atoms with Crippen molar-refractivity contribution in [1.29, 1.82) is 0 Å². The zero-order valence-corrected chi connectivity index (χ0v) is 19.6. The van der Waals surface area contributed by atoms with Gasteiger partial charge in [0.1, 0.15) is 5.75 Å². The number of benzene rings is 2. The van der Waals surface area contributed by atoms with Gasteiger partial charge in [-0.3, -0.25) is 0 Å². The Bertz CT molecular complexity index is 846. The minimum atomic E-state index is 0.138. The van der Waals surface area contributed by atoms with Gasteiger partial charge < -0.3 is 20.3 Å². The van der Waals surface area contributed by atoms with Crippen molar-refractivity contribution in [3.63, 3.8) is 0 Å². The van der Waals surface area contributed by atoms with Gasteiger partial charge >= 0.3 is 0 Å². The molecular formula is C26H35N3OS. The van der Waals surface area contributed by atoms with Gasteiger partial charge in [0.05, 0.1) is 12.1 Å². The normalized spacial score (nSPS) is 20.3. The molecule has 1 saturated carbocycles. The molecule has 166 valence electrons. The van der Waals surface area contributed by atoms with E-state index < -0.39 is 0 Å². The summed E-state index contributed by atoms with van der Waals surface area (Å²) in [6.07, 6.45) is 7.91. The van der Waals surface area contributed by atoms with Crippen LogP contribution in [0.2, 0.25) is 0 Å². The molecule has 2 N–H and O–H groups in total. The fourth-order valence-corrected chi connectivity index (χ4v) is 4.96. The van der Waals surface area contributed by atoms with Crippen molar-refractivity contribution in [3.05, 3.63) is 54.1 Å². The van der Waals surface area contributed by atoms with Crippen molar-refractivity contribution < 1.29 is 4.74 Å². The second-order valence-corrected chi connectivity index (χ2v) is 9.56. The van der Waals surface area contributed by atoms with Crippen molar-refractivity contribution in [2.75, 3.05) is 23.3 Å². The van der Waals surface area contributed by atoms with Crippen molar-refractivity contribution >= 4 is 28.7 Å². The van der Waals surface area contributed by atoms with Gasteiger partial charge in [0.15, 0.2) is 5.11 Å². The van der Waals surface area contributed by atoms with E-state index in [-0.39, 0.29) is 6.04 Å². The summed E-state index contributed by atoms with van der Waals surface area (Å²) < 4.78 is 6.04. The maximum absolute atomic E-state index is 6.04. The lowest BCUT2D eigenvalue weighted by molar-refractivity contribution is 0.210. The van der Waals surface area contributed by atoms with Gasteiger partial charge in [0, 0.05) is 24.5 Å². The van der Waals surface area contributed by atoms with Crippen LogP contribution in [0.3, 0.4) is 0 Å². The van der Waals surface area contributed by atoms with Gasteiger partial charge in [0.25, 0.3) is 0 Å². The first-order valence-corrected chi connectivity index (χ1v) is 12.2. The molecule has 31 heavy (non-hydrogen) atoms. The fourth-order valence-electron chi connectivity index (χ4n) is 4.66. The quantitative estimate of drug-likeness (QED) is 0.519. The largest absolute Gasteiger partial charge is 0.490 e. The summed E-state index contributed by atoms with van der Waals surface area (Å²) in [5, 5.41) is 7.32. The maximum Gasteiger partial charge on any atom is 0.171 e. The van der Waals surface area contributed by atoms with Crippen molar-refractivity contribution in [1.82, 2.24) is 5.32 Å². The molecule has 4 rings (SSSR count). The Morgan fingerprint density at radius 2 is 1.71 bits per heavy atom. The van der Waals surface area contributed by atoms with E-state index in [0.717, 1.165) is 30.4 Å². The molecule has 1 aliphatic carbocycles. The molecule has 0 bridgehead atoms. The van der Waals surface area contributed by atoms with Gasteiger partial charge in [-0.1, -0.05) is 19.1 Å². The molecule has 1 aliphatic heterocycles. The van der Waals surface area contributed by atoms with E-state index >= 15 is 0 Å². The van der Waals surface area contributed by atoms with Crippen LogP contribution in [0.5, 0.6) is 5.75 Å². The SMILES string of the molecule is C[C@@H]1CCCN(c2ccc([C@@H](C)NC(=S)Nc3ccc(OC4CCCC4)cc3)cc2)C1. The van der Waals surface area contributed by atoms with Crippen LogP contribution in [-0.2, 0) is 0 Å². The topological polar surface area (TPSA) is 36.5 Å². The van der Waals surface area contributed by atoms with E-state index in [4.69, 9.17) is 17.0 Å². The zero-order chi connectivity index (χ0) is 21.6. The Hall–Kier alpha value is -2.27. The first-order chi connectivity index (χ1) is 15.1. The number of rotatable bonds is 6. The van der Waals surface area contributed by atoms with Gasteiger partial charge in [-0.2, -0.15) is 0 Å². The lowest BCUT2D eigenvalue weighted by atomic mass is 9.99. The number of ether oxygens (including phenoxy) is 1. The Morgan fingerprint density at radius 1 is 1.00 bits per heavy atom. The van der Waals surface area contributed by atoms with Gasteiger partial charge in [-0.25, -0.2) is 0 Å². The molecule has 2 fully saturated rings. The summed E-state index contributed by atoms with van der Waals surface area (Å²) in [7, 11) is 0. The number of anilines is 2. The van der Waals surface area contributed by atoms with Crippen molar-refractivity contribution in [2.24, 2.45) is 5.92 Å². The smallest absolute Gasteiger partial charge is 0.171 e. The molecule has 1 saturated heterocycles. The molecule has 0 amide bonds. The van der Waals surface area contributed by atoms with Crippen LogP contribution in [0.4, 0.5) is 11.4 Å². The molecule has 0 radical (unpaired) electrons. The van der Waals surface area contributed by atoms with Crippen molar-refractivity contribution in [3.8, 4) is 5.75 Å². The van der Waals surface area contributed by atoms with Crippen LogP contribution in [0.25, 0.3) is 0 Å². The second kappa shape index (κ2) is 10.4. The van der Waals surface area contributed by atoms with E-state index in [0.29, 0.717) is 11.2 Å². The van der Waals surface area contributed by atoms with Crippen LogP contribution in [0, 0.1) is 5.92 Å². The third-order valence-electron chi connectivity index (χ3n) is 6.48. The van der Waals surface area contributed by atoms with E-state index in [1.807, 2.05) is 24.3 Å². The minimum Gasteiger partial charge on any atom is -0.490 e. The monoisotopic (exact) mass is 437 g/mol. The van der Waals surface area contributed by atoms with Gasteiger partial charge in [-0.05, 0) is 106 Å². The number of nitrogens with one attached hydrogen (secondary N) is 2. The molecular weight excluding hydrogens is 402 g/mol. The van der Waals surface area contributed by atoms with Gasteiger partial charge in [0.2, 0.25) is 0 Å². The highest BCUT2D eigenvalue weighted by Crippen LogP contribution is 2.26. The molecule has 2 aromatic rings. The van der Waals surface area contributed by atoms with E-state index in [2.05, 4.69) is 53.6 Å². The molecule has 4 nitrogen and oxygen atoms in total. The highest BCUT2D eigenvalue weighted by molar-refractivity contribution is 7.80. The average molecular weight is 438 g/mol. The number of nitrogens with zero attached hydrogens (tertiary/aromatic N) is 1. The van der Waals surface area contributed by atoms with Gasteiger partial charge in [-0.15, -0.1) is 0 Å². The third-order valence-corrected chi connectivity index (χ3v) is 6.70. The van der Waals surface area contributed by atoms with E-state index in [1.165, 1.54) is 49.8 Å². The fraction of sp³-hybridized carbons (Fsp3) is 0.500. The first kappa shape index (κ1) is 21.9. The second-order valence-electron chi connectivity index (χ2n) is 9.15. The lowest BCUT2D eigenvalue weighted by Crippen LogP contribution is -2.34. The highest BCUT2D eigenvalue weighted by Gasteiger charge is 2.18. The van der Waals surface area contributed by atoms with Crippen LogP contribution >= 0.6 is 12.2 Å². The number of hydrogen-bond acceptors (Lipinski definition) is 3. The predicted molar refractivity (Wildman–Crippen MR) is 134 cm³/mol. The molecule has 2 aromatic carbocycles. The van der Waals surface area contributed by atoms with Crippen LogP contribution in [0.1, 0.15) is 64.0 Å². The number of thiocarbonyl (C=S) groups is 1. The number of hydrogen-bond donors (Lipinski definition) is 2. The van der Waals surface area contributed by atoms with E-state index in [9.17, 15) is 0 Å². The lowest BCUT2D eigenvalue weighted by Gasteiger charge is -2.33. The molecule has 5 heteroatoms. The van der Waals surface area contributed by atoms with E-state index in [1.54, 1.807) is 0 Å². The summed E-state index contributed by atoms with van der Waals surface area (Å²) >= 11 is 5.54. The third kappa shape index (κ3) is 6.13. The predicted octanol–water partition coefficient (Wildman–Crippen LogP) is 6.29. The molecule has 0 unspecified atom stereocenters. The Balaban J connectivity index is 1.27. The highest BCUT2D eigenvalue weighted by atomic mass is 32.1. The summed E-state index contributed by atoms with van der Waals surface area (Å²) in [6.45, 7) is 6.81. The van der Waals surface area contributed by atoms with Crippen LogP contribution in [-0.4, -0.2) is 24.3 Å². The Kier molecular flexibility index (Phi) is 7.33. The molecule has 2 aliphatic rings. The van der Waals surface area contributed by atoms with Crippen LogP contribution in [0.15, 0.2) is 48.5 Å². The minimum absolute atomic E-state index is 0.138. The van der Waals surface area contributed by atoms with Crippen LogP contribution < -0.4 is 20.3 Å². The summed E-state index contributed by atoms with van der Waals surface area (Å²) in [6, 6.07) is 17.1. The molecule has 1 heterocycles. The number of piperidine rings is 1. The Labute approximate surface area is 192 Å². The standard InChI is InChI=1S/C26H35N3OS/c1-19-6-5-17-29(18-19)23-13-9-21(10-14-23)20(2)27-26(31)28-22-11-15-25(16-12-22)30-24-7-3-4-8-24/h9-16,19-20,24H,3-8,17-18H2,1-2H3,(H2,27,28,31)/t19-,20-/m1/s1. The average Bonchev–Trinajstić information content (AvgIpc) is 3.28. The summed E-state index contributed by atoms with van der Waals surface area (Å²) in [5.41, 5.74) is 3.53. The zero-order valence-electron chi connectivity index (χ0n) is 18.8.